The highest BCUT2D eigenvalue weighted by atomic mass is 32.2. The molecule has 29 heavy (non-hydrogen) atoms. The summed E-state index contributed by atoms with van der Waals surface area (Å²) in [6.45, 7) is 0. The Labute approximate surface area is 165 Å². The Morgan fingerprint density at radius 1 is 1.00 bits per heavy atom. The van der Waals surface area contributed by atoms with Crippen molar-refractivity contribution in [2.24, 2.45) is 0 Å². The summed E-state index contributed by atoms with van der Waals surface area (Å²) < 4.78 is 47.6. The van der Waals surface area contributed by atoms with Crippen LogP contribution in [0.5, 0.6) is 11.6 Å². The molecule has 2 heterocycles. The number of halogens is 1. The van der Waals surface area contributed by atoms with Gasteiger partial charge in [0.15, 0.2) is 5.82 Å². The van der Waals surface area contributed by atoms with Crippen molar-refractivity contribution >= 4 is 15.7 Å². The van der Waals surface area contributed by atoms with E-state index in [-0.39, 0.29) is 4.90 Å². The van der Waals surface area contributed by atoms with Crippen LogP contribution in [0.2, 0.25) is 0 Å². The van der Waals surface area contributed by atoms with Crippen LogP contribution < -0.4 is 9.46 Å². The number of hydrogen-bond donors (Lipinski definition) is 1. The Bertz CT molecular complexity index is 1230. The number of benzene rings is 2. The van der Waals surface area contributed by atoms with Crippen LogP contribution in [0.4, 0.5) is 10.1 Å². The van der Waals surface area contributed by atoms with Crippen LogP contribution in [0.3, 0.4) is 0 Å². The van der Waals surface area contributed by atoms with Crippen LogP contribution in [-0.4, -0.2) is 28.2 Å². The third-order valence-corrected chi connectivity index (χ3v) is 5.18. The first-order valence-corrected chi connectivity index (χ1v) is 9.86. The molecule has 0 fully saturated rings. The standard InChI is InChI=1S/C19H14FN5O3S/c20-14-3-1-4-17(11-14)29(26,27)24-15-5-7-16(8-6-15)28-19-12-18(21-13-22-19)25-10-2-9-23-25/h1-13,24H. The molecular formula is C19H14FN5O3S. The van der Waals surface area contributed by atoms with Crippen LogP contribution in [-0.2, 0) is 10.0 Å². The van der Waals surface area contributed by atoms with Gasteiger partial charge in [-0.15, -0.1) is 0 Å². The Kier molecular flexibility index (Phi) is 4.92. The summed E-state index contributed by atoms with van der Waals surface area (Å²) in [5, 5.41) is 4.09. The average Bonchev–Trinajstić information content (AvgIpc) is 3.25. The fourth-order valence-corrected chi connectivity index (χ4v) is 3.57. The molecule has 4 rings (SSSR count). The number of hydrogen-bond acceptors (Lipinski definition) is 6. The molecule has 0 aliphatic carbocycles. The number of nitrogens with zero attached hydrogens (tertiary/aromatic N) is 4. The van der Waals surface area contributed by atoms with Gasteiger partial charge in [-0.05, 0) is 48.5 Å². The summed E-state index contributed by atoms with van der Waals surface area (Å²) in [5.41, 5.74) is 0.307. The molecule has 4 aromatic rings. The molecule has 1 N–H and O–H groups in total. The van der Waals surface area contributed by atoms with Gasteiger partial charge in [0.25, 0.3) is 10.0 Å². The summed E-state index contributed by atoms with van der Waals surface area (Å²) in [6.07, 6.45) is 4.73. The minimum Gasteiger partial charge on any atom is -0.439 e. The van der Waals surface area contributed by atoms with Crippen molar-refractivity contribution in [3.05, 3.63) is 85.2 Å². The minimum absolute atomic E-state index is 0.162. The normalized spacial score (nSPS) is 11.2. The zero-order valence-electron chi connectivity index (χ0n) is 14.8. The van der Waals surface area contributed by atoms with Gasteiger partial charge in [-0.2, -0.15) is 5.10 Å². The van der Waals surface area contributed by atoms with E-state index in [9.17, 15) is 12.8 Å². The molecule has 0 saturated carbocycles. The Morgan fingerprint density at radius 3 is 2.55 bits per heavy atom. The van der Waals surface area contributed by atoms with E-state index in [1.807, 2.05) is 0 Å². The van der Waals surface area contributed by atoms with E-state index in [2.05, 4.69) is 19.8 Å². The number of rotatable bonds is 6. The quantitative estimate of drug-likeness (QED) is 0.522. The Morgan fingerprint density at radius 2 is 1.83 bits per heavy atom. The zero-order valence-corrected chi connectivity index (χ0v) is 15.6. The maximum atomic E-state index is 13.3. The smallest absolute Gasteiger partial charge is 0.261 e. The first kappa shape index (κ1) is 18.6. The molecule has 0 atom stereocenters. The first-order valence-electron chi connectivity index (χ1n) is 8.38. The minimum atomic E-state index is -3.90. The van der Waals surface area contributed by atoms with Gasteiger partial charge in [-0.25, -0.2) is 27.5 Å². The van der Waals surface area contributed by atoms with Gasteiger partial charge < -0.3 is 4.74 Å². The van der Waals surface area contributed by atoms with E-state index in [1.165, 1.54) is 36.7 Å². The molecule has 2 aromatic heterocycles. The van der Waals surface area contributed by atoms with Crippen LogP contribution in [0.25, 0.3) is 5.82 Å². The fraction of sp³-hybridized carbons (Fsp3) is 0. The molecular weight excluding hydrogens is 397 g/mol. The second-order valence-corrected chi connectivity index (χ2v) is 7.54. The predicted molar refractivity (Wildman–Crippen MR) is 103 cm³/mol. The molecule has 0 unspecified atom stereocenters. The van der Waals surface area contributed by atoms with Gasteiger partial charge >= 0.3 is 0 Å². The van der Waals surface area contributed by atoms with Crippen molar-refractivity contribution < 1.29 is 17.5 Å². The highest BCUT2D eigenvalue weighted by Crippen LogP contribution is 2.24. The van der Waals surface area contributed by atoms with Gasteiger partial charge in [0.05, 0.1) is 4.90 Å². The molecule has 0 aliphatic heterocycles. The van der Waals surface area contributed by atoms with Crippen LogP contribution in [0.15, 0.2) is 84.3 Å². The molecule has 0 amide bonds. The first-order chi connectivity index (χ1) is 14.0. The molecule has 0 saturated heterocycles. The maximum absolute atomic E-state index is 13.3. The van der Waals surface area contributed by atoms with Crippen molar-refractivity contribution in [2.75, 3.05) is 4.72 Å². The van der Waals surface area contributed by atoms with Gasteiger partial charge in [0.1, 0.15) is 17.9 Å². The fourth-order valence-electron chi connectivity index (χ4n) is 2.48. The van der Waals surface area contributed by atoms with Crippen molar-refractivity contribution in [2.45, 2.75) is 4.90 Å². The van der Waals surface area contributed by atoms with Crippen molar-refractivity contribution in [1.29, 1.82) is 0 Å². The lowest BCUT2D eigenvalue weighted by Gasteiger charge is -2.10. The molecule has 8 nitrogen and oxygen atoms in total. The average molecular weight is 411 g/mol. The molecule has 2 aromatic carbocycles. The second-order valence-electron chi connectivity index (χ2n) is 5.85. The number of aromatic nitrogens is 4. The van der Waals surface area contributed by atoms with E-state index in [1.54, 1.807) is 41.3 Å². The summed E-state index contributed by atoms with van der Waals surface area (Å²) in [5.74, 6) is 0.665. The number of ether oxygens (including phenoxy) is 1. The van der Waals surface area contributed by atoms with Gasteiger partial charge in [0.2, 0.25) is 5.88 Å². The lowest BCUT2D eigenvalue weighted by atomic mass is 10.3. The Balaban J connectivity index is 1.48. The van der Waals surface area contributed by atoms with E-state index in [0.29, 0.717) is 23.1 Å². The highest BCUT2D eigenvalue weighted by Gasteiger charge is 2.15. The number of sulfonamides is 1. The lowest BCUT2D eigenvalue weighted by molar-refractivity contribution is 0.460. The van der Waals surface area contributed by atoms with Gasteiger partial charge in [-0.3, -0.25) is 4.72 Å². The second kappa shape index (κ2) is 7.68. The van der Waals surface area contributed by atoms with Crippen molar-refractivity contribution in [1.82, 2.24) is 19.7 Å². The Hall–Kier alpha value is -3.79. The molecule has 146 valence electrons. The maximum Gasteiger partial charge on any atom is 0.261 e. The van der Waals surface area contributed by atoms with E-state index in [0.717, 1.165) is 6.07 Å². The van der Waals surface area contributed by atoms with Crippen LogP contribution in [0.1, 0.15) is 0 Å². The summed E-state index contributed by atoms with van der Waals surface area (Å²) in [7, 11) is -3.90. The molecule has 0 bridgehead atoms. The predicted octanol–water partition coefficient (Wildman–Crippen LogP) is 3.39. The van der Waals surface area contributed by atoms with Crippen LogP contribution in [0, 0.1) is 5.82 Å². The van der Waals surface area contributed by atoms with Gasteiger partial charge in [-0.1, -0.05) is 6.07 Å². The topological polar surface area (TPSA) is 99.0 Å². The molecule has 0 spiro atoms. The van der Waals surface area contributed by atoms with Crippen molar-refractivity contribution in [3.63, 3.8) is 0 Å². The highest BCUT2D eigenvalue weighted by molar-refractivity contribution is 7.92. The molecule has 0 radical (unpaired) electrons. The third kappa shape index (κ3) is 4.38. The number of nitrogens with one attached hydrogen (secondary N) is 1. The summed E-state index contributed by atoms with van der Waals surface area (Å²) in [4.78, 5) is 8.01. The van der Waals surface area contributed by atoms with E-state index < -0.39 is 15.8 Å². The SMILES string of the molecule is O=S(=O)(Nc1ccc(Oc2cc(-n3cccn3)ncn2)cc1)c1cccc(F)c1. The van der Waals surface area contributed by atoms with Crippen molar-refractivity contribution in [3.8, 4) is 17.4 Å². The molecule has 10 heteroatoms. The molecule has 0 aliphatic rings. The summed E-state index contributed by atoms with van der Waals surface area (Å²) >= 11 is 0. The monoisotopic (exact) mass is 411 g/mol. The lowest BCUT2D eigenvalue weighted by Crippen LogP contribution is -2.13. The zero-order chi connectivity index (χ0) is 20.3. The van der Waals surface area contributed by atoms with Crippen LogP contribution >= 0.6 is 0 Å². The van der Waals surface area contributed by atoms with E-state index in [4.69, 9.17) is 4.74 Å². The largest absolute Gasteiger partial charge is 0.439 e. The van der Waals surface area contributed by atoms with E-state index >= 15 is 0 Å². The summed E-state index contributed by atoms with van der Waals surface area (Å²) in [6, 6.07) is 14.4. The van der Waals surface area contributed by atoms with Gasteiger partial charge in [0, 0.05) is 24.1 Å². The third-order valence-electron chi connectivity index (χ3n) is 3.80. The number of anilines is 1.